The van der Waals surface area contributed by atoms with Gasteiger partial charge in [-0.25, -0.2) is 9.79 Å². The Morgan fingerprint density at radius 3 is 2.76 bits per heavy atom. The zero-order chi connectivity index (χ0) is 18.6. The van der Waals surface area contributed by atoms with Gasteiger partial charge in [0.15, 0.2) is 5.17 Å². The van der Waals surface area contributed by atoms with Gasteiger partial charge in [-0.15, -0.1) is 0 Å². The third-order valence-electron chi connectivity index (χ3n) is 3.31. The van der Waals surface area contributed by atoms with Crippen molar-refractivity contribution in [3.05, 3.63) is 51.2 Å². The fourth-order valence-electron chi connectivity index (χ4n) is 2.31. The predicted octanol–water partition coefficient (Wildman–Crippen LogP) is 2.71. The largest absolute Gasteiger partial charge is 0.463 e. The van der Waals surface area contributed by atoms with E-state index in [2.05, 4.69) is 10.3 Å². The molecule has 1 amide bonds. The average molecular weight is 363 g/mol. The second kappa shape index (κ2) is 7.93. The molecule has 25 heavy (non-hydrogen) atoms. The first-order valence-corrected chi connectivity index (χ1v) is 8.36. The standard InChI is InChI=1S/C16H17N3O5S/c1-4-24-15(21)13-9(2)17-16(18-10(3)20)25-14(13)11-6-5-7-12(8-11)19(22)23/h5-8,14H,4H2,1-3H3,(H,17,18,20). The molecule has 2 rings (SSSR count). The zero-order valence-electron chi connectivity index (χ0n) is 13.9. The molecule has 0 saturated heterocycles. The minimum Gasteiger partial charge on any atom is -0.463 e. The topological polar surface area (TPSA) is 111 Å². The first-order valence-electron chi connectivity index (χ1n) is 7.48. The van der Waals surface area contributed by atoms with Crippen molar-refractivity contribution in [2.75, 3.05) is 6.61 Å². The number of amides is 1. The summed E-state index contributed by atoms with van der Waals surface area (Å²) in [4.78, 5) is 38.5. The number of esters is 1. The van der Waals surface area contributed by atoms with Crippen LogP contribution in [0.1, 0.15) is 31.6 Å². The van der Waals surface area contributed by atoms with E-state index in [4.69, 9.17) is 4.74 Å². The maximum absolute atomic E-state index is 12.4. The second-order valence-corrected chi connectivity index (χ2v) is 6.26. The summed E-state index contributed by atoms with van der Waals surface area (Å²) in [5, 5.41) is 13.4. The summed E-state index contributed by atoms with van der Waals surface area (Å²) < 4.78 is 5.10. The number of aliphatic imine (C=N–C) groups is 1. The van der Waals surface area contributed by atoms with Crippen LogP contribution in [0, 0.1) is 10.1 Å². The quantitative estimate of drug-likeness (QED) is 0.500. The van der Waals surface area contributed by atoms with Gasteiger partial charge in [0.1, 0.15) is 0 Å². The number of rotatable bonds is 4. The van der Waals surface area contributed by atoms with E-state index >= 15 is 0 Å². The summed E-state index contributed by atoms with van der Waals surface area (Å²) in [7, 11) is 0. The van der Waals surface area contributed by atoms with E-state index in [0.29, 0.717) is 22.0 Å². The van der Waals surface area contributed by atoms with Gasteiger partial charge < -0.3 is 10.1 Å². The average Bonchev–Trinajstić information content (AvgIpc) is 2.53. The van der Waals surface area contributed by atoms with Gasteiger partial charge in [-0.3, -0.25) is 14.9 Å². The lowest BCUT2D eigenvalue weighted by atomic mass is 10.0. The van der Waals surface area contributed by atoms with Crippen molar-refractivity contribution in [2.24, 2.45) is 4.99 Å². The number of thioether (sulfide) groups is 1. The van der Waals surface area contributed by atoms with Crippen molar-refractivity contribution in [2.45, 2.75) is 26.0 Å². The molecule has 1 aliphatic heterocycles. The predicted molar refractivity (Wildman–Crippen MR) is 94.0 cm³/mol. The number of allylic oxidation sites excluding steroid dienone is 1. The Morgan fingerprint density at radius 1 is 1.44 bits per heavy atom. The van der Waals surface area contributed by atoms with Crippen LogP contribution in [0.3, 0.4) is 0 Å². The van der Waals surface area contributed by atoms with E-state index in [1.165, 1.54) is 19.1 Å². The zero-order valence-corrected chi connectivity index (χ0v) is 14.8. The lowest BCUT2D eigenvalue weighted by Crippen LogP contribution is -2.30. The van der Waals surface area contributed by atoms with Crippen molar-refractivity contribution < 1.29 is 19.2 Å². The van der Waals surface area contributed by atoms with Crippen LogP contribution in [0.25, 0.3) is 0 Å². The first-order chi connectivity index (χ1) is 11.8. The number of hydrogen-bond acceptors (Lipinski definition) is 7. The summed E-state index contributed by atoms with van der Waals surface area (Å²) in [5.74, 6) is -0.828. The van der Waals surface area contributed by atoms with E-state index < -0.39 is 16.1 Å². The van der Waals surface area contributed by atoms with E-state index in [9.17, 15) is 19.7 Å². The van der Waals surface area contributed by atoms with Gasteiger partial charge in [0.05, 0.1) is 28.1 Å². The molecule has 1 heterocycles. The summed E-state index contributed by atoms with van der Waals surface area (Å²) in [5.41, 5.74) is 1.18. The van der Waals surface area contributed by atoms with Gasteiger partial charge in [0.25, 0.3) is 5.69 Å². The highest BCUT2D eigenvalue weighted by Crippen LogP contribution is 2.42. The molecule has 1 N–H and O–H groups in total. The Bertz CT molecular complexity index is 788. The van der Waals surface area contributed by atoms with Crippen LogP contribution in [-0.2, 0) is 14.3 Å². The van der Waals surface area contributed by atoms with Gasteiger partial charge in [0, 0.05) is 19.1 Å². The molecule has 1 unspecified atom stereocenters. The molecule has 0 spiro atoms. The van der Waals surface area contributed by atoms with Gasteiger partial charge in [-0.1, -0.05) is 23.9 Å². The lowest BCUT2D eigenvalue weighted by Gasteiger charge is -2.25. The molecular weight excluding hydrogens is 346 g/mol. The van der Waals surface area contributed by atoms with Crippen LogP contribution in [0.4, 0.5) is 5.69 Å². The van der Waals surface area contributed by atoms with Crippen LogP contribution in [0.2, 0.25) is 0 Å². The van der Waals surface area contributed by atoms with Crippen molar-refractivity contribution in [1.82, 2.24) is 5.32 Å². The Kier molecular flexibility index (Phi) is 5.92. The molecule has 0 saturated carbocycles. The molecule has 1 atom stereocenters. The number of ether oxygens (including phenoxy) is 1. The van der Waals surface area contributed by atoms with Crippen LogP contribution in [0.5, 0.6) is 0 Å². The number of nitro groups is 1. The fraction of sp³-hybridized carbons (Fsp3) is 0.312. The third-order valence-corrected chi connectivity index (χ3v) is 4.47. The van der Waals surface area contributed by atoms with Crippen molar-refractivity contribution >= 4 is 34.5 Å². The molecule has 8 nitrogen and oxygen atoms in total. The highest BCUT2D eigenvalue weighted by Gasteiger charge is 2.32. The lowest BCUT2D eigenvalue weighted by molar-refractivity contribution is -0.384. The second-order valence-electron chi connectivity index (χ2n) is 5.17. The Balaban J connectivity index is 2.50. The molecule has 0 radical (unpaired) electrons. The third kappa shape index (κ3) is 4.44. The first kappa shape index (κ1) is 18.7. The van der Waals surface area contributed by atoms with Gasteiger partial charge >= 0.3 is 5.97 Å². The molecule has 1 aromatic carbocycles. The summed E-state index contributed by atoms with van der Waals surface area (Å²) in [6.07, 6.45) is 0. The molecular formula is C16H17N3O5S. The van der Waals surface area contributed by atoms with Crippen LogP contribution in [0.15, 0.2) is 40.5 Å². The summed E-state index contributed by atoms with van der Waals surface area (Å²) in [6.45, 7) is 4.88. The van der Waals surface area contributed by atoms with Crippen molar-refractivity contribution in [3.63, 3.8) is 0 Å². The summed E-state index contributed by atoms with van der Waals surface area (Å²) >= 11 is 1.14. The molecule has 0 aromatic heterocycles. The molecule has 1 aromatic rings. The molecule has 0 fully saturated rings. The highest BCUT2D eigenvalue weighted by atomic mass is 32.2. The minimum absolute atomic E-state index is 0.0810. The smallest absolute Gasteiger partial charge is 0.337 e. The Hall–Kier alpha value is -2.68. The van der Waals surface area contributed by atoms with Gasteiger partial charge in [0.2, 0.25) is 5.91 Å². The van der Waals surface area contributed by atoms with Gasteiger partial charge in [-0.05, 0) is 19.4 Å². The molecule has 0 aliphatic carbocycles. The monoisotopic (exact) mass is 363 g/mol. The van der Waals surface area contributed by atoms with Crippen molar-refractivity contribution in [3.8, 4) is 0 Å². The summed E-state index contributed by atoms with van der Waals surface area (Å²) in [6, 6.07) is 6.02. The number of nitrogens with one attached hydrogen (secondary N) is 1. The number of carbonyl (C=O) groups excluding carboxylic acids is 2. The minimum atomic E-state index is -0.571. The normalized spacial score (nSPS) is 16.9. The van der Waals surface area contributed by atoms with Crippen LogP contribution in [-0.4, -0.2) is 28.6 Å². The molecule has 0 bridgehead atoms. The number of carbonyl (C=O) groups is 2. The maximum Gasteiger partial charge on any atom is 0.337 e. The maximum atomic E-state index is 12.4. The fourth-order valence-corrected chi connectivity index (χ4v) is 3.59. The molecule has 132 valence electrons. The van der Waals surface area contributed by atoms with Crippen LogP contribution < -0.4 is 5.32 Å². The number of hydrogen-bond donors (Lipinski definition) is 1. The molecule has 9 heteroatoms. The van der Waals surface area contributed by atoms with E-state index in [1.54, 1.807) is 26.0 Å². The number of nitrogens with zero attached hydrogens (tertiary/aromatic N) is 2. The molecule has 1 aliphatic rings. The van der Waals surface area contributed by atoms with Crippen molar-refractivity contribution in [1.29, 1.82) is 0 Å². The Labute approximate surface area is 148 Å². The number of amidine groups is 1. The SMILES string of the molecule is CCOC(=O)C1=C(C)N=C(NC(C)=O)SC1c1cccc([N+](=O)[O-])c1. The number of non-ortho nitro benzene ring substituents is 1. The number of nitro benzene ring substituents is 1. The van der Waals surface area contributed by atoms with E-state index in [-0.39, 0.29) is 18.2 Å². The number of benzene rings is 1. The van der Waals surface area contributed by atoms with E-state index in [0.717, 1.165) is 11.8 Å². The van der Waals surface area contributed by atoms with Gasteiger partial charge in [-0.2, -0.15) is 0 Å². The van der Waals surface area contributed by atoms with Crippen LogP contribution >= 0.6 is 11.8 Å². The highest BCUT2D eigenvalue weighted by molar-refractivity contribution is 8.14. The Morgan fingerprint density at radius 2 is 2.16 bits per heavy atom. The van der Waals surface area contributed by atoms with E-state index in [1.807, 2.05) is 0 Å².